The summed E-state index contributed by atoms with van der Waals surface area (Å²) >= 11 is 0. The van der Waals surface area contributed by atoms with Crippen molar-refractivity contribution in [3.63, 3.8) is 0 Å². The summed E-state index contributed by atoms with van der Waals surface area (Å²) in [5.74, 6) is 0. The standard InChI is InChI=1S/C15H18F3NO2/c1-14(2,3)21-13(20)19-11-7-5-4-6-10(11)8-9-12(19)15(16,17)18/h4-7,12H,8-9H2,1-3H3. The van der Waals surface area contributed by atoms with Gasteiger partial charge in [-0.2, -0.15) is 13.2 Å². The van der Waals surface area contributed by atoms with Crippen LogP contribution in [-0.2, 0) is 11.2 Å². The van der Waals surface area contributed by atoms with E-state index in [0.717, 1.165) is 10.5 Å². The van der Waals surface area contributed by atoms with Gasteiger partial charge in [0, 0.05) is 0 Å². The second kappa shape index (κ2) is 5.24. The SMILES string of the molecule is CC(C)(C)OC(=O)N1c2ccccc2CCC1C(F)(F)F. The number of ether oxygens (including phenoxy) is 1. The number of rotatable bonds is 0. The molecule has 0 fully saturated rings. The number of nitrogens with zero attached hydrogens (tertiary/aromatic N) is 1. The van der Waals surface area contributed by atoms with Crippen molar-refractivity contribution in [2.45, 2.75) is 51.4 Å². The Bertz CT molecular complexity index is 534. The largest absolute Gasteiger partial charge is 0.443 e. The fourth-order valence-corrected chi connectivity index (χ4v) is 2.39. The van der Waals surface area contributed by atoms with Gasteiger partial charge in [0.1, 0.15) is 11.6 Å². The van der Waals surface area contributed by atoms with E-state index in [1.807, 2.05) is 0 Å². The van der Waals surface area contributed by atoms with Crippen molar-refractivity contribution < 1.29 is 22.7 Å². The highest BCUT2D eigenvalue weighted by atomic mass is 19.4. The number of carbonyl (C=O) groups is 1. The molecule has 0 bridgehead atoms. The molecule has 6 heteroatoms. The molecule has 0 saturated carbocycles. The quantitative estimate of drug-likeness (QED) is 0.715. The molecule has 1 atom stereocenters. The highest BCUT2D eigenvalue weighted by Crippen LogP contribution is 2.38. The number of para-hydroxylation sites is 1. The van der Waals surface area contributed by atoms with Gasteiger partial charge in [-0.15, -0.1) is 0 Å². The zero-order chi connectivity index (χ0) is 15.8. The van der Waals surface area contributed by atoms with E-state index in [1.165, 1.54) is 6.07 Å². The Hall–Kier alpha value is -1.72. The Balaban J connectivity index is 2.42. The summed E-state index contributed by atoms with van der Waals surface area (Å²) in [7, 11) is 0. The molecule has 1 aliphatic rings. The lowest BCUT2D eigenvalue weighted by atomic mass is 9.96. The van der Waals surface area contributed by atoms with Crippen LogP contribution in [0.25, 0.3) is 0 Å². The summed E-state index contributed by atoms with van der Waals surface area (Å²) in [6.07, 6.45) is -5.30. The zero-order valence-corrected chi connectivity index (χ0v) is 12.2. The molecule has 1 aliphatic heterocycles. The molecule has 3 nitrogen and oxygen atoms in total. The van der Waals surface area contributed by atoms with Gasteiger partial charge in [0.05, 0.1) is 5.69 Å². The third-order valence-electron chi connectivity index (χ3n) is 3.22. The minimum atomic E-state index is -4.48. The summed E-state index contributed by atoms with van der Waals surface area (Å²) in [6.45, 7) is 4.88. The Morgan fingerprint density at radius 2 is 1.86 bits per heavy atom. The van der Waals surface area contributed by atoms with Crippen LogP contribution in [-0.4, -0.2) is 23.9 Å². The average Bonchev–Trinajstić information content (AvgIpc) is 2.34. The van der Waals surface area contributed by atoms with Crippen LogP contribution in [0.2, 0.25) is 0 Å². The number of aryl methyl sites for hydroxylation is 1. The zero-order valence-electron chi connectivity index (χ0n) is 12.2. The van der Waals surface area contributed by atoms with Crippen molar-refractivity contribution in [1.29, 1.82) is 0 Å². The maximum atomic E-state index is 13.2. The molecule has 1 aromatic rings. The van der Waals surface area contributed by atoms with Crippen LogP contribution in [0.1, 0.15) is 32.8 Å². The van der Waals surface area contributed by atoms with Gasteiger partial charge in [-0.3, -0.25) is 4.90 Å². The second-order valence-electron chi connectivity index (χ2n) is 6.08. The Kier molecular flexibility index (Phi) is 3.91. The molecular weight excluding hydrogens is 283 g/mol. The summed E-state index contributed by atoms with van der Waals surface area (Å²) in [4.78, 5) is 13.0. The summed E-state index contributed by atoms with van der Waals surface area (Å²) in [5.41, 5.74) is 0.156. The lowest BCUT2D eigenvalue weighted by Gasteiger charge is -2.38. The fourth-order valence-electron chi connectivity index (χ4n) is 2.39. The molecule has 1 amide bonds. The van der Waals surface area contributed by atoms with Crippen LogP contribution in [0.5, 0.6) is 0 Å². The van der Waals surface area contributed by atoms with Crippen LogP contribution >= 0.6 is 0 Å². The molecule has 1 aromatic carbocycles. The number of carbonyl (C=O) groups excluding carboxylic acids is 1. The van der Waals surface area contributed by atoms with Crippen LogP contribution in [0.4, 0.5) is 23.7 Å². The summed E-state index contributed by atoms with van der Waals surface area (Å²) in [5, 5.41) is 0. The number of halogens is 3. The van der Waals surface area contributed by atoms with Crippen LogP contribution < -0.4 is 4.90 Å². The monoisotopic (exact) mass is 301 g/mol. The summed E-state index contributed by atoms with van der Waals surface area (Å²) < 4.78 is 44.8. The number of alkyl halides is 3. The van der Waals surface area contributed by atoms with Gasteiger partial charge in [0.15, 0.2) is 0 Å². The fraction of sp³-hybridized carbons (Fsp3) is 0.533. The Labute approximate surface area is 121 Å². The summed E-state index contributed by atoms with van der Waals surface area (Å²) in [6, 6.07) is 4.79. The second-order valence-corrected chi connectivity index (χ2v) is 6.08. The number of amides is 1. The maximum absolute atomic E-state index is 13.2. The van der Waals surface area contributed by atoms with Crippen molar-refractivity contribution in [2.75, 3.05) is 4.90 Å². The molecule has 0 spiro atoms. The van der Waals surface area contributed by atoms with Crippen molar-refractivity contribution in [3.8, 4) is 0 Å². The molecule has 1 unspecified atom stereocenters. The van der Waals surface area contributed by atoms with E-state index in [9.17, 15) is 18.0 Å². The van der Waals surface area contributed by atoms with Crippen LogP contribution in [0.15, 0.2) is 24.3 Å². The molecule has 1 heterocycles. The predicted octanol–water partition coefficient (Wildman–Crippen LogP) is 4.31. The normalized spacial score (nSPS) is 19.1. The van der Waals surface area contributed by atoms with E-state index in [2.05, 4.69) is 0 Å². The van der Waals surface area contributed by atoms with E-state index in [1.54, 1.807) is 39.0 Å². The lowest BCUT2D eigenvalue weighted by molar-refractivity contribution is -0.150. The van der Waals surface area contributed by atoms with Gasteiger partial charge < -0.3 is 4.74 Å². The first-order valence-corrected chi connectivity index (χ1v) is 6.76. The molecule has 116 valence electrons. The lowest BCUT2D eigenvalue weighted by Crippen LogP contribution is -2.53. The average molecular weight is 301 g/mol. The van der Waals surface area contributed by atoms with Gasteiger partial charge in [-0.05, 0) is 45.2 Å². The smallest absolute Gasteiger partial charge is 0.415 e. The van der Waals surface area contributed by atoms with Gasteiger partial charge in [0.25, 0.3) is 0 Å². The van der Waals surface area contributed by atoms with E-state index < -0.39 is 23.9 Å². The third kappa shape index (κ3) is 3.49. The number of benzene rings is 1. The van der Waals surface area contributed by atoms with Gasteiger partial charge >= 0.3 is 12.3 Å². The van der Waals surface area contributed by atoms with Gasteiger partial charge in [-0.1, -0.05) is 18.2 Å². The van der Waals surface area contributed by atoms with E-state index in [-0.39, 0.29) is 12.1 Å². The molecule has 0 aliphatic carbocycles. The molecule has 2 rings (SSSR count). The van der Waals surface area contributed by atoms with E-state index in [0.29, 0.717) is 6.42 Å². The predicted molar refractivity (Wildman–Crippen MR) is 73.3 cm³/mol. The van der Waals surface area contributed by atoms with Crippen LogP contribution in [0, 0.1) is 0 Å². The molecule has 0 radical (unpaired) electrons. The van der Waals surface area contributed by atoms with E-state index in [4.69, 9.17) is 4.74 Å². The number of hydrogen-bond donors (Lipinski definition) is 0. The maximum Gasteiger partial charge on any atom is 0.415 e. The molecule has 0 saturated heterocycles. The molecule has 0 aromatic heterocycles. The molecular formula is C15H18F3NO2. The highest BCUT2D eigenvalue weighted by Gasteiger charge is 2.49. The first kappa shape index (κ1) is 15.7. The van der Waals surface area contributed by atoms with Crippen LogP contribution in [0.3, 0.4) is 0 Å². The van der Waals surface area contributed by atoms with E-state index >= 15 is 0 Å². The van der Waals surface area contributed by atoms with Gasteiger partial charge in [0.2, 0.25) is 0 Å². The van der Waals surface area contributed by atoms with Crippen molar-refractivity contribution in [3.05, 3.63) is 29.8 Å². The van der Waals surface area contributed by atoms with Crippen molar-refractivity contribution in [1.82, 2.24) is 0 Å². The van der Waals surface area contributed by atoms with Gasteiger partial charge in [-0.25, -0.2) is 4.79 Å². The number of fused-ring (bicyclic) bond motifs is 1. The minimum absolute atomic E-state index is 0.153. The highest BCUT2D eigenvalue weighted by molar-refractivity contribution is 5.90. The Morgan fingerprint density at radius 3 is 2.43 bits per heavy atom. The van der Waals surface area contributed by atoms with Crippen molar-refractivity contribution in [2.24, 2.45) is 0 Å². The number of hydrogen-bond acceptors (Lipinski definition) is 2. The molecule has 0 N–H and O–H groups in total. The topological polar surface area (TPSA) is 29.5 Å². The first-order chi connectivity index (χ1) is 9.59. The minimum Gasteiger partial charge on any atom is -0.443 e. The first-order valence-electron chi connectivity index (χ1n) is 6.76. The number of anilines is 1. The third-order valence-corrected chi connectivity index (χ3v) is 3.22. The van der Waals surface area contributed by atoms with Crippen molar-refractivity contribution >= 4 is 11.8 Å². The molecule has 21 heavy (non-hydrogen) atoms. The Morgan fingerprint density at radius 1 is 1.24 bits per heavy atom.